The molecule has 0 amide bonds. The number of nitrogens with one attached hydrogen (secondary N) is 1. The highest BCUT2D eigenvalue weighted by Crippen LogP contribution is 2.32. The van der Waals surface area contributed by atoms with Crippen LogP contribution in [-0.4, -0.2) is 52.0 Å². The Hall–Kier alpha value is -3.39. The van der Waals surface area contributed by atoms with Gasteiger partial charge in [0.05, 0.1) is 21.2 Å². The standard InChI is InChI=1S/C30H30FN5S/c1-30(2)18-36(13-12-35(30)3)17-20-4-7-23(25(31)14-20)21-5-8-26-24(15-21)27(10-11-32-26)34-22-6-9-29-28(16-22)33-19-37-29/h4-11,14-16,19H,12-13,17-18H2,1-3H3,(H,32,34). The molecule has 3 aromatic carbocycles. The monoisotopic (exact) mass is 511 g/mol. The molecule has 1 saturated heterocycles. The summed E-state index contributed by atoms with van der Waals surface area (Å²) in [5.41, 5.74) is 8.13. The largest absolute Gasteiger partial charge is 0.355 e. The summed E-state index contributed by atoms with van der Waals surface area (Å²) in [6.07, 6.45) is 1.79. The van der Waals surface area contributed by atoms with Gasteiger partial charge >= 0.3 is 0 Å². The molecule has 1 aliphatic heterocycles. The van der Waals surface area contributed by atoms with Gasteiger partial charge in [-0.2, -0.15) is 0 Å². The maximum atomic E-state index is 15.4. The fourth-order valence-electron chi connectivity index (χ4n) is 5.14. The highest BCUT2D eigenvalue weighted by molar-refractivity contribution is 7.16. The average molecular weight is 512 g/mol. The number of nitrogens with zero attached hydrogens (tertiary/aromatic N) is 4. The smallest absolute Gasteiger partial charge is 0.131 e. The zero-order chi connectivity index (χ0) is 25.6. The van der Waals surface area contributed by atoms with Crippen LogP contribution >= 0.6 is 11.3 Å². The Labute approximate surface area is 220 Å². The van der Waals surface area contributed by atoms with Gasteiger partial charge in [0.2, 0.25) is 0 Å². The van der Waals surface area contributed by atoms with Crippen LogP contribution in [0.5, 0.6) is 0 Å². The van der Waals surface area contributed by atoms with Crippen LogP contribution < -0.4 is 5.32 Å². The number of benzene rings is 3. The van der Waals surface area contributed by atoms with Gasteiger partial charge in [-0.1, -0.05) is 18.2 Å². The minimum Gasteiger partial charge on any atom is -0.355 e. The van der Waals surface area contributed by atoms with Crippen molar-refractivity contribution in [3.05, 3.63) is 83.8 Å². The number of thiazole rings is 1. The lowest BCUT2D eigenvalue weighted by atomic mass is 9.98. The van der Waals surface area contributed by atoms with Gasteiger partial charge in [0.15, 0.2) is 0 Å². The second kappa shape index (κ2) is 9.49. The number of anilines is 2. The highest BCUT2D eigenvalue weighted by atomic mass is 32.1. The number of rotatable bonds is 5. The van der Waals surface area contributed by atoms with E-state index in [4.69, 9.17) is 0 Å². The molecule has 0 bridgehead atoms. The Bertz CT molecular complexity index is 1590. The summed E-state index contributed by atoms with van der Waals surface area (Å²) in [7, 11) is 2.17. The van der Waals surface area contributed by atoms with Gasteiger partial charge in [-0.3, -0.25) is 14.8 Å². The number of hydrogen-bond donors (Lipinski definition) is 1. The van der Waals surface area contributed by atoms with Crippen molar-refractivity contribution >= 4 is 43.8 Å². The average Bonchev–Trinajstić information content (AvgIpc) is 3.34. The van der Waals surface area contributed by atoms with E-state index in [1.807, 2.05) is 41.9 Å². The number of likely N-dealkylation sites (N-methyl/N-ethyl adjacent to an activating group) is 1. The first kappa shape index (κ1) is 24.0. The lowest BCUT2D eigenvalue weighted by Crippen LogP contribution is -2.57. The topological polar surface area (TPSA) is 44.3 Å². The maximum absolute atomic E-state index is 15.4. The quantitative estimate of drug-likeness (QED) is 0.277. The van der Waals surface area contributed by atoms with Crippen LogP contribution in [0.2, 0.25) is 0 Å². The van der Waals surface area contributed by atoms with Gasteiger partial charge in [0.25, 0.3) is 0 Å². The van der Waals surface area contributed by atoms with Crippen LogP contribution in [0.1, 0.15) is 19.4 Å². The molecule has 5 aromatic rings. The van der Waals surface area contributed by atoms with Gasteiger partial charge in [-0.15, -0.1) is 11.3 Å². The Morgan fingerprint density at radius 3 is 2.70 bits per heavy atom. The maximum Gasteiger partial charge on any atom is 0.131 e. The summed E-state index contributed by atoms with van der Waals surface area (Å²) in [5.74, 6) is -0.197. The molecule has 7 heteroatoms. The van der Waals surface area contributed by atoms with E-state index in [9.17, 15) is 0 Å². The number of fused-ring (bicyclic) bond motifs is 2. The van der Waals surface area contributed by atoms with E-state index in [-0.39, 0.29) is 11.4 Å². The number of piperazine rings is 1. The van der Waals surface area contributed by atoms with E-state index in [2.05, 4.69) is 64.2 Å². The van der Waals surface area contributed by atoms with Gasteiger partial charge < -0.3 is 5.32 Å². The van der Waals surface area contributed by atoms with Crippen molar-refractivity contribution in [2.45, 2.75) is 25.9 Å². The molecule has 0 saturated carbocycles. The van der Waals surface area contributed by atoms with Crippen molar-refractivity contribution < 1.29 is 4.39 Å². The summed E-state index contributed by atoms with van der Waals surface area (Å²) in [5, 5.41) is 4.45. The minimum absolute atomic E-state index is 0.119. The first-order chi connectivity index (χ1) is 17.9. The van der Waals surface area contributed by atoms with Crippen molar-refractivity contribution in [3.8, 4) is 11.1 Å². The van der Waals surface area contributed by atoms with Gasteiger partial charge in [0, 0.05) is 60.2 Å². The van der Waals surface area contributed by atoms with Gasteiger partial charge in [0.1, 0.15) is 5.82 Å². The van der Waals surface area contributed by atoms with Crippen LogP contribution in [-0.2, 0) is 6.54 Å². The van der Waals surface area contributed by atoms with Crippen LogP contribution in [0.4, 0.5) is 15.8 Å². The lowest BCUT2D eigenvalue weighted by molar-refractivity contribution is 0.0360. The van der Waals surface area contributed by atoms with E-state index < -0.39 is 0 Å². The number of halogens is 1. The first-order valence-electron chi connectivity index (χ1n) is 12.6. The molecule has 6 rings (SSSR count). The minimum atomic E-state index is -0.197. The van der Waals surface area contributed by atoms with Gasteiger partial charge in [-0.05, 0) is 74.5 Å². The summed E-state index contributed by atoms with van der Waals surface area (Å²) in [6, 6.07) is 19.7. The summed E-state index contributed by atoms with van der Waals surface area (Å²) in [4.78, 5) is 13.8. The van der Waals surface area contributed by atoms with E-state index >= 15 is 4.39 Å². The Balaban J connectivity index is 1.27. The summed E-state index contributed by atoms with van der Waals surface area (Å²) in [6.45, 7) is 8.26. The fraction of sp³-hybridized carbons (Fsp3) is 0.267. The molecule has 1 aliphatic rings. The second-order valence-corrected chi connectivity index (χ2v) is 11.4. The predicted octanol–water partition coefficient (Wildman–Crippen LogP) is 6.92. The molecule has 0 spiro atoms. The second-order valence-electron chi connectivity index (χ2n) is 10.5. The predicted molar refractivity (Wildman–Crippen MR) is 152 cm³/mol. The third kappa shape index (κ3) is 4.82. The first-order valence-corrected chi connectivity index (χ1v) is 13.5. The highest BCUT2D eigenvalue weighted by Gasteiger charge is 2.30. The number of hydrogen-bond acceptors (Lipinski definition) is 6. The Kier molecular flexibility index (Phi) is 6.15. The molecule has 1 fully saturated rings. The molecule has 0 radical (unpaired) electrons. The Morgan fingerprint density at radius 1 is 0.973 bits per heavy atom. The van der Waals surface area contributed by atoms with Crippen molar-refractivity contribution in [3.63, 3.8) is 0 Å². The SMILES string of the molecule is CN1CCN(Cc2ccc(-c3ccc4nccc(Nc5ccc6scnc6c5)c4c3)c(F)c2)CC1(C)C. The Morgan fingerprint density at radius 2 is 1.86 bits per heavy atom. The number of aromatic nitrogens is 2. The molecule has 2 aromatic heterocycles. The molecule has 37 heavy (non-hydrogen) atoms. The third-order valence-corrected chi connectivity index (χ3v) is 8.31. The molecule has 0 aliphatic carbocycles. The molecule has 3 heterocycles. The molecule has 1 N–H and O–H groups in total. The van der Waals surface area contributed by atoms with Crippen molar-refractivity contribution in [2.75, 3.05) is 32.0 Å². The van der Waals surface area contributed by atoms with Crippen LogP contribution in [0.3, 0.4) is 0 Å². The van der Waals surface area contributed by atoms with Crippen LogP contribution in [0.25, 0.3) is 32.2 Å². The molecular formula is C30H30FN5S. The van der Waals surface area contributed by atoms with Crippen LogP contribution in [0.15, 0.2) is 72.4 Å². The number of pyridine rings is 1. The third-order valence-electron chi connectivity index (χ3n) is 7.50. The summed E-state index contributed by atoms with van der Waals surface area (Å²) < 4.78 is 16.6. The van der Waals surface area contributed by atoms with E-state index in [0.717, 1.165) is 69.8 Å². The van der Waals surface area contributed by atoms with E-state index in [0.29, 0.717) is 5.56 Å². The lowest BCUT2D eigenvalue weighted by Gasteiger charge is -2.45. The fourth-order valence-corrected chi connectivity index (χ4v) is 5.80. The van der Waals surface area contributed by atoms with Crippen molar-refractivity contribution in [1.82, 2.24) is 19.8 Å². The van der Waals surface area contributed by atoms with Crippen molar-refractivity contribution in [1.29, 1.82) is 0 Å². The van der Waals surface area contributed by atoms with E-state index in [1.54, 1.807) is 23.6 Å². The zero-order valence-electron chi connectivity index (χ0n) is 21.3. The molecule has 5 nitrogen and oxygen atoms in total. The molecule has 0 unspecified atom stereocenters. The zero-order valence-corrected chi connectivity index (χ0v) is 22.1. The van der Waals surface area contributed by atoms with Gasteiger partial charge in [-0.25, -0.2) is 9.37 Å². The van der Waals surface area contributed by atoms with E-state index in [1.165, 1.54) is 0 Å². The van der Waals surface area contributed by atoms with Crippen molar-refractivity contribution in [2.24, 2.45) is 0 Å². The molecule has 188 valence electrons. The summed E-state index contributed by atoms with van der Waals surface area (Å²) >= 11 is 1.63. The normalized spacial score (nSPS) is 16.4. The molecule has 0 atom stereocenters. The van der Waals surface area contributed by atoms with Crippen LogP contribution in [0, 0.1) is 5.82 Å². The molecular weight excluding hydrogens is 481 g/mol.